The summed E-state index contributed by atoms with van der Waals surface area (Å²) in [7, 11) is 1.78. The summed E-state index contributed by atoms with van der Waals surface area (Å²) in [5, 5.41) is 16.1. The van der Waals surface area contributed by atoms with E-state index in [4.69, 9.17) is 0 Å². The Morgan fingerprint density at radius 3 is 2.70 bits per heavy atom. The molecule has 0 saturated heterocycles. The molecule has 0 bridgehead atoms. The fourth-order valence-corrected chi connectivity index (χ4v) is 4.65. The van der Waals surface area contributed by atoms with Gasteiger partial charge in [0.25, 0.3) is 0 Å². The molecule has 0 amide bonds. The minimum absolute atomic E-state index is 0.00704. The van der Waals surface area contributed by atoms with Crippen molar-refractivity contribution in [3.05, 3.63) is 98.3 Å². The predicted octanol–water partition coefficient (Wildman–Crippen LogP) is 3.55. The van der Waals surface area contributed by atoms with Crippen molar-refractivity contribution < 1.29 is 4.39 Å². The zero-order chi connectivity index (χ0) is 26.1. The molecule has 5 aromatic rings. The topological polar surface area (TPSA) is 131 Å². The molecule has 0 unspecified atom stereocenters. The lowest BCUT2D eigenvalue weighted by Gasteiger charge is -2.16. The van der Waals surface area contributed by atoms with Crippen molar-refractivity contribution >= 4 is 38.3 Å². The lowest BCUT2D eigenvalue weighted by Crippen LogP contribution is -2.41. The average Bonchev–Trinajstić information content (AvgIpc) is 3.30. The van der Waals surface area contributed by atoms with E-state index in [0.717, 1.165) is 31.5 Å². The van der Waals surface area contributed by atoms with Crippen molar-refractivity contribution in [3.63, 3.8) is 0 Å². The quantitative estimate of drug-likeness (QED) is 0.352. The lowest BCUT2D eigenvalue weighted by molar-refractivity contribution is 0.620. The molecule has 10 nitrogen and oxygen atoms in total. The second-order valence-electron chi connectivity index (χ2n) is 8.15. The third kappa shape index (κ3) is 4.67. The standard InChI is InChI=1S/C25H19FN8O2S/c1-14-7-18(12-29-11-14)34-24(35)32-22(30-17-4-6-20-21(9-17)37-23(28-2)31-20)33(25(34)36)13-15-3-5-19(26)16(8-15)10-27/h3-9,11-12H,13H2,1-2H3,(H,28,31)(H,30,32,35). The van der Waals surface area contributed by atoms with Gasteiger partial charge in [-0.05, 0) is 54.4 Å². The molecule has 0 saturated carbocycles. The zero-order valence-corrected chi connectivity index (χ0v) is 20.5. The number of hydrogen-bond acceptors (Lipinski definition) is 9. The normalized spacial score (nSPS) is 10.9. The van der Waals surface area contributed by atoms with Crippen LogP contribution in [0.5, 0.6) is 0 Å². The van der Waals surface area contributed by atoms with Crippen molar-refractivity contribution in [3.8, 4) is 11.8 Å². The van der Waals surface area contributed by atoms with Gasteiger partial charge in [0.05, 0.1) is 34.2 Å². The number of anilines is 3. The number of benzene rings is 2. The van der Waals surface area contributed by atoms with Gasteiger partial charge in [0.1, 0.15) is 11.9 Å². The van der Waals surface area contributed by atoms with Crippen LogP contribution in [-0.4, -0.2) is 31.1 Å². The molecular formula is C25H19FN8O2S. The second-order valence-corrected chi connectivity index (χ2v) is 9.18. The molecule has 0 aliphatic heterocycles. The number of hydrogen-bond donors (Lipinski definition) is 2. The van der Waals surface area contributed by atoms with Crippen LogP contribution in [0.3, 0.4) is 0 Å². The second kappa shape index (κ2) is 9.63. The Morgan fingerprint density at radius 1 is 1.11 bits per heavy atom. The van der Waals surface area contributed by atoms with E-state index in [1.807, 2.05) is 12.1 Å². The maximum Gasteiger partial charge on any atom is 0.359 e. The Labute approximate surface area is 213 Å². The summed E-state index contributed by atoms with van der Waals surface area (Å²) in [5.74, 6) is -0.669. The Morgan fingerprint density at radius 2 is 1.95 bits per heavy atom. The van der Waals surface area contributed by atoms with Crippen LogP contribution in [0.2, 0.25) is 0 Å². The number of nitrogens with zero attached hydrogens (tertiary/aromatic N) is 6. The van der Waals surface area contributed by atoms with E-state index in [9.17, 15) is 19.2 Å². The first-order chi connectivity index (χ1) is 17.9. The number of fused-ring (bicyclic) bond motifs is 1. The minimum atomic E-state index is -0.788. The molecule has 184 valence electrons. The number of thiazole rings is 1. The Balaban J connectivity index is 1.65. The van der Waals surface area contributed by atoms with Gasteiger partial charge in [-0.3, -0.25) is 9.55 Å². The van der Waals surface area contributed by atoms with Crippen LogP contribution in [0.15, 0.2) is 64.4 Å². The minimum Gasteiger partial charge on any atom is -0.365 e. The summed E-state index contributed by atoms with van der Waals surface area (Å²) in [6, 6.07) is 12.9. The molecule has 0 aliphatic rings. The smallest absolute Gasteiger partial charge is 0.359 e. The molecule has 37 heavy (non-hydrogen) atoms. The molecule has 3 heterocycles. The van der Waals surface area contributed by atoms with Gasteiger partial charge < -0.3 is 10.6 Å². The van der Waals surface area contributed by atoms with Gasteiger partial charge in [0.2, 0.25) is 5.95 Å². The summed E-state index contributed by atoms with van der Waals surface area (Å²) in [6.45, 7) is 1.72. The lowest BCUT2D eigenvalue weighted by atomic mass is 10.1. The van der Waals surface area contributed by atoms with Gasteiger partial charge in [0, 0.05) is 18.9 Å². The van der Waals surface area contributed by atoms with Crippen LogP contribution in [0, 0.1) is 24.1 Å². The highest BCUT2D eigenvalue weighted by Crippen LogP contribution is 2.29. The van der Waals surface area contributed by atoms with Gasteiger partial charge in [0.15, 0.2) is 5.13 Å². The van der Waals surface area contributed by atoms with E-state index < -0.39 is 17.2 Å². The predicted molar refractivity (Wildman–Crippen MR) is 139 cm³/mol. The van der Waals surface area contributed by atoms with E-state index >= 15 is 0 Å². The van der Waals surface area contributed by atoms with E-state index in [0.29, 0.717) is 11.3 Å². The summed E-state index contributed by atoms with van der Waals surface area (Å²) in [4.78, 5) is 39.4. The number of rotatable bonds is 6. The van der Waals surface area contributed by atoms with Crippen LogP contribution in [0.1, 0.15) is 16.7 Å². The first-order valence-corrected chi connectivity index (χ1v) is 11.9. The van der Waals surface area contributed by atoms with Gasteiger partial charge in [-0.25, -0.2) is 23.5 Å². The van der Waals surface area contributed by atoms with Crippen molar-refractivity contribution in [1.82, 2.24) is 24.1 Å². The van der Waals surface area contributed by atoms with Crippen LogP contribution in [0.4, 0.5) is 21.2 Å². The van der Waals surface area contributed by atoms with Crippen molar-refractivity contribution in [1.29, 1.82) is 5.26 Å². The van der Waals surface area contributed by atoms with Crippen LogP contribution in [0.25, 0.3) is 15.9 Å². The molecule has 12 heteroatoms. The molecular weight excluding hydrogens is 495 g/mol. The van der Waals surface area contributed by atoms with Crippen molar-refractivity contribution in [2.24, 2.45) is 0 Å². The number of pyridine rings is 1. The molecule has 0 spiro atoms. The van der Waals surface area contributed by atoms with E-state index in [1.165, 1.54) is 34.2 Å². The fourth-order valence-electron chi connectivity index (χ4n) is 3.79. The SMILES string of the molecule is CNc1nc2ccc(Nc3nc(=O)n(-c4cncc(C)c4)c(=O)n3Cc3ccc(F)c(C#N)c3)cc2s1. The van der Waals surface area contributed by atoms with Gasteiger partial charge in [-0.2, -0.15) is 10.2 Å². The number of nitrogens with one attached hydrogen (secondary N) is 2. The highest BCUT2D eigenvalue weighted by atomic mass is 32.1. The molecule has 3 aromatic heterocycles. The Hall–Kier alpha value is -4.89. The number of aromatic nitrogens is 5. The number of nitriles is 1. The van der Waals surface area contributed by atoms with Gasteiger partial charge in [-0.1, -0.05) is 17.4 Å². The fraction of sp³-hybridized carbons (Fsp3) is 0.120. The molecule has 0 aliphatic carbocycles. The van der Waals surface area contributed by atoms with Crippen LogP contribution in [-0.2, 0) is 6.54 Å². The van der Waals surface area contributed by atoms with E-state index in [-0.39, 0.29) is 23.7 Å². The summed E-state index contributed by atoms with van der Waals surface area (Å²) >= 11 is 1.45. The molecule has 0 atom stereocenters. The zero-order valence-electron chi connectivity index (χ0n) is 19.7. The third-order valence-corrected chi connectivity index (χ3v) is 6.58. The average molecular weight is 515 g/mol. The number of halogens is 1. The first-order valence-electron chi connectivity index (χ1n) is 11.1. The van der Waals surface area contributed by atoms with Crippen LogP contribution < -0.4 is 22.0 Å². The van der Waals surface area contributed by atoms with Crippen LogP contribution >= 0.6 is 11.3 Å². The van der Waals surface area contributed by atoms with Crippen molar-refractivity contribution in [2.75, 3.05) is 17.7 Å². The van der Waals surface area contributed by atoms with Gasteiger partial charge >= 0.3 is 11.4 Å². The van der Waals surface area contributed by atoms with E-state index in [2.05, 4.69) is 25.6 Å². The summed E-state index contributed by atoms with van der Waals surface area (Å²) < 4.78 is 17.0. The molecule has 2 N–H and O–H groups in total. The van der Waals surface area contributed by atoms with Gasteiger partial charge in [-0.15, -0.1) is 0 Å². The molecule has 0 fully saturated rings. The molecule has 2 aromatic carbocycles. The van der Waals surface area contributed by atoms with Crippen molar-refractivity contribution in [2.45, 2.75) is 13.5 Å². The monoisotopic (exact) mass is 514 g/mol. The molecule has 5 rings (SSSR count). The number of aryl methyl sites for hydroxylation is 1. The molecule has 0 radical (unpaired) electrons. The first kappa shape index (κ1) is 23.8. The Kier molecular flexibility index (Phi) is 6.21. The highest BCUT2D eigenvalue weighted by Gasteiger charge is 2.17. The maximum absolute atomic E-state index is 13.9. The maximum atomic E-state index is 13.9. The Bertz CT molecular complexity index is 1820. The largest absolute Gasteiger partial charge is 0.365 e. The third-order valence-electron chi connectivity index (χ3n) is 5.54. The highest BCUT2D eigenvalue weighted by molar-refractivity contribution is 7.22. The summed E-state index contributed by atoms with van der Waals surface area (Å²) in [6.07, 6.45) is 3.01. The van der Waals surface area contributed by atoms with E-state index in [1.54, 1.807) is 38.4 Å². The summed E-state index contributed by atoms with van der Waals surface area (Å²) in [5.41, 5.74) is 1.28.